The van der Waals surface area contributed by atoms with Crippen LogP contribution in [0.25, 0.3) is 0 Å². The Morgan fingerprint density at radius 1 is 1.42 bits per heavy atom. The van der Waals surface area contributed by atoms with Gasteiger partial charge >= 0.3 is 0 Å². The quantitative estimate of drug-likeness (QED) is 0.532. The molecule has 0 aliphatic carbocycles. The minimum atomic E-state index is -0.243. The second kappa shape index (κ2) is 8.02. The van der Waals surface area contributed by atoms with Crippen LogP contribution in [0.3, 0.4) is 0 Å². The third kappa shape index (κ3) is 8.92. The van der Waals surface area contributed by atoms with Gasteiger partial charge in [-0.05, 0) is 19.4 Å². The van der Waals surface area contributed by atoms with E-state index in [4.69, 9.17) is 11.0 Å². The summed E-state index contributed by atoms with van der Waals surface area (Å²) in [5, 5.41) is 11.3. The fraction of sp³-hybridized carbons (Fsp3) is 0.750. The zero-order valence-corrected chi connectivity index (χ0v) is 7.18. The Morgan fingerprint density at radius 2 is 2.17 bits per heavy atom. The van der Waals surface area contributed by atoms with Crippen LogP contribution in [-0.2, 0) is 4.79 Å². The predicted octanol–water partition coefficient (Wildman–Crippen LogP) is 0.145. The Hall–Kier alpha value is -1.08. The molecule has 0 aliphatic heterocycles. The third-order valence-corrected chi connectivity index (χ3v) is 1.44. The van der Waals surface area contributed by atoms with E-state index in [-0.39, 0.29) is 5.91 Å². The van der Waals surface area contributed by atoms with Gasteiger partial charge in [0.15, 0.2) is 0 Å². The van der Waals surface area contributed by atoms with Gasteiger partial charge in [-0.15, -0.1) is 0 Å². The van der Waals surface area contributed by atoms with Crippen LogP contribution in [0.15, 0.2) is 0 Å². The Bertz CT molecular complexity index is 162. The topological polar surface area (TPSA) is 78.9 Å². The van der Waals surface area contributed by atoms with Gasteiger partial charge in [0.25, 0.3) is 0 Å². The number of unbranched alkanes of at least 4 members (excludes halogenated alkanes) is 1. The van der Waals surface area contributed by atoms with Crippen LogP contribution in [0.4, 0.5) is 0 Å². The number of nitrogens with one attached hydrogen (secondary N) is 1. The highest BCUT2D eigenvalue weighted by molar-refractivity contribution is 5.73. The van der Waals surface area contributed by atoms with E-state index in [1.54, 1.807) is 0 Å². The highest BCUT2D eigenvalue weighted by Crippen LogP contribution is 1.91. The highest BCUT2D eigenvalue weighted by Gasteiger charge is 1.93. The van der Waals surface area contributed by atoms with Crippen molar-refractivity contribution in [3.63, 3.8) is 0 Å². The molecule has 0 heterocycles. The average Bonchev–Trinajstić information content (AvgIpc) is 2.02. The van der Waals surface area contributed by atoms with Crippen LogP contribution < -0.4 is 11.1 Å². The summed E-state index contributed by atoms with van der Waals surface area (Å²) in [5.41, 5.74) is 4.95. The number of amides is 1. The standard InChI is InChI=1S/C8H15N3O/c9-5-3-7-11-6-2-1-4-8(10)12/h11H,1-4,6-7H2,(H2,10,12). The van der Waals surface area contributed by atoms with E-state index in [2.05, 4.69) is 5.32 Å². The molecule has 0 rings (SSSR count). The van der Waals surface area contributed by atoms with E-state index in [0.29, 0.717) is 12.8 Å². The van der Waals surface area contributed by atoms with Gasteiger partial charge in [-0.1, -0.05) is 0 Å². The predicted molar refractivity (Wildman–Crippen MR) is 46.1 cm³/mol. The molecule has 0 spiro atoms. The lowest BCUT2D eigenvalue weighted by Gasteiger charge is -1.99. The Morgan fingerprint density at radius 3 is 2.75 bits per heavy atom. The molecule has 0 fully saturated rings. The molecule has 0 atom stereocenters. The van der Waals surface area contributed by atoms with Gasteiger partial charge in [-0.3, -0.25) is 4.79 Å². The maximum atomic E-state index is 10.3. The van der Waals surface area contributed by atoms with Crippen molar-refractivity contribution in [1.82, 2.24) is 5.32 Å². The van der Waals surface area contributed by atoms with Crippen LogP contribution in [-0.4, -0.2) is 19.0 Å². The van der Waals surface area contributed by atoms with E-state index >= 15 is 0 Å². The smallest absolute Gasteiger partial charge is 0.217 e. The molecule has 3 N–H and O–H groups in total. The summed E-state index contributed by atoms with van der Waals surface area (Å²) in [4.78, 5) is 10.3. The molecule has 0 aromatic carbocycles. The minimum absolute atomic E-state index is 0.243. The second-order valence-electron chi connectivity index (χ2n) is 2.58. The van der Waals surface area contributed by atoms with Gasteiger partial charge in [0.05, 0.1) is 6.07 Å². The molecule has 12 heavy (non-hydrogen) atoms. The van der Waals surface area contributed by atoms with Gasteiger partial charge in [0, 0.05) is 19.4 Å². The van der Waals surface area contributed by atoms with Gasteiger partial charge in [-0.2, -0.15) is 5.26 Å². The van der Waals surface area contributed by atoms with Crippen LogP contribution in [0.2, 0.25) is 0 Å². The number of rotatable bonds is 7. The van der Waals surface area contributed by atoms with Crippen molar-refractivity contribution < 1.29 is 4.79 Å². The van der Waals surface area contributed by atoms with Crippen molar-refractivity contribution in [3.05, 3.63) is 0 Å². The molecule has 0 saturated heterocycles. The first-order valence-electron chi connectivity index (χ1n) is 4.13. The van der Waals surface area contributed by atoms with Gasteiger partial charge < -0.3 is 11.1 Å². The molecule has 0 radical (unpaired) electrons. The van der Waals surface area contributed by atoms with Crippen molar-refractivity contribution >= 4 is 5.91 Å². The SMILES string of the molecule is N#CCCNCCCCC(N)=O. The van der Waals surface area contributed by atoms with Gasteiger partial charge in [0.1, 0.15) is 0 Å². The van der Waals surface area contributed by atoms with Crippen molar-refractivity contribution in [2.45, 2.75) is 25.7 Å². The summed E-state index contributed by atoms with van der Waals surface area (Å²) in [6.07, 6.45) is 2.76. The Labute approximate surface area is 72.7 Å². The first-order valence-corrected chi connectivity index (χ1v) is 4.13. The largest absolute Gasteiger partial charge is 0.370 e. The molecule has 1 amide bonds. The maximum absolute atomic E-state index is 10.3. The summed E-state index contributed by atoms with van der Waals surface area (Å²) in [5.74, 6) is -0.243. The lowest BCUT2D eigenvalue weighted by Crippen LogP contribution is -2.17. The van der Waals surface area contributed by atoms with Gasteiger partial charge in [0.2, 0.25) is 5.91 Å². The number of nitrogens with two attached hydrogens (primary N) is 1. The molecule has 0 unspecified atom stereocenters. The summed E-state index contributed by atoms with van der Waals surface area (Å²) < 4.78 is 0. The normalized spacial score (nSPS) is 9.25. The summed E-state index contributed by atoms with van der Waals surface area (Å²) in [6.45, 7) is 1.59. The molecule has 4 nitrogen and oxygen atoms in total. The molecular weight excluding hydrogens is 154 g/mol. The van der Waals surface area contributed by atoms with Crippen molar-refractivity contribution in [3.8, 4) is 6.07 Å². The van der Waals surface area contributed by atoms with Gasteiger partial charge in [-0.25, -0.2) is 0 Å². The minimum Gasteiger partial charge on any atom is -0.370 e. The number of hydrogen-bond acceptors (Lipinski definition) is 3. The molecule has 68 valence electrons. The maximum Gasteiger partial charge on any atom is 0.217 e. The number of nitriles is 1. The lowest BCUT2D eigenvalue weighted by molar-refractivity contribution is -0.118. The molecule has 0 saturated carbocycles. The first kappa shape index (κ1) is 10.9. The average molecular weight is 169 g/mol. The van der Waals surface area contributed by atoms with Crippen molar-refractivity contribution in [1.29, 1.82) is 5.26 Å². The Kier molecular flexibility index (Phi) is 7.30. The third-order valence-electron chi connectivity index (χ3n) is 1.44. The van der Waals surface area contributed by atoms with E-state index in [9.17, 15) is 4.79 Å². The van der Waals surface area contributed by atoms with Crippen LogP contribution in [0.5, 0.6) is 0 Å². The Balaban J connectivity index is 2.92. The molecular formula is C8H15N3O. The lowest BCUT2D eigenvalue weighted by atomic mass is 10.2. The molecule has 0 aliphatic rings. The zero-order chi connectivity index (χ0) is 9.23. The first-order chi connectivity index (χ1) is 5.77. The molecule has 0 aromatic rings. The highest BCUT2D eigenvalue weighted by atomic mass is 16.1. The second-order valence-corrected chi connectivity index (χ2v) is 2.58. The summed E-state index contributed by atoms with van der Waals surface area (Å²) >= 11 is 0. The van der Waals surface area contributed by atoms with Crippen molar-refractivity contribution in [2.24, 2.45) is 5.73 Å². The van der Waals surface area contributed by atoms with E-state index in [1.807, 2.05) is 6.07 Å². The van der Waals surface area contributed by atoms with E-state index < -0.39 is 0 Å². The van der Waals surface area contributed by atoms with Crippen LogP contribution in [0, 0.1) is 11.3 Å². The zero-order valence-electron chi connectivity index (χ0n) is 7.18. The fourth-order valence-electron chi connectivity index (χ4n) is 0.819. The molecule has 4 heteroatoms. The number of nitrogens with zero attached hydrogens (tertiary/aromatic N) is 1. The molecule has 0 bridgehead atoms. The fourth-order valence-corrected chi connectivity index (χ4v) is 0.819. The van der Waals surface area contributed by atoms with E-state index in [1.165, 1.54) is 0 Å². The summed E-state index contributed by atoms with van der Waals surface area (Å²) in [7, 11) is 0. The molecule has 0 aromatic heterocycles. The summed E-state index contributed by atoms with van der Waals surface area (Å²) in [6, 6.07) is 2.04. The van der Waals surface area contributed by atoms with E-state index in [0.717, 1.165) is 25.9 Å². The van der Waals surface area contributed by atoms with Crippen molar-refractivity contribution in [2.75, 3.05) is 13.1 Å². The number of hydrogen-bond donors (Lipinski definition) is 2. The number of carbonyl (C=O) groups excluding carboxylic acids is 1. The monoisotopic (exact) mass is 169 g/mol. The van der Waals surface area contributed by atoms with Crippen LogP contribution >= 0.6 is 0 Å². The number of primary amides is 1. The van der Waals surface area contributed by atoms with Crippen LogP contribution in [0.1, 0.15) is 25.7 Å². The number of carbonyl (C=O) groups is 1.